The van der Waals surface area contributed by atoms with Gasteiger partial charge in [0.25, 0.3) is 0 Å². The van der Waals surface area contributed by atoms with E-state index in [1.807, 2.05) is 20.8 Å². The van der Waals surface area contributed by atoms with Crippen LogP contribution in [0.4, 0.5) is 0 Å². The van der Waals surface area contributed by atoms with Gasteiger partial charge in [0.2, 0.25) is 0 Å². The Morgan fingerprint density at radius 3 is 2.35 bits per heavy atom. The first-order chi connectivity index (χ1) is 9.66. The van der Waals surface area contributed by atoms with Gasteiger partial charge in [0.05, 0.1) is 0 Å². The average molecular weight is 305 g/mol. The van der Waals surface area contributed by atoms with E-state index in [-0.39, 0.29) is 0 Å². The lowest BCUT2D eigenvalue weighted by atomic mass is 10.0. The van der Waals surface area contributed by atoms with E-state index in [1.54, 1.807) is 0 Å². The van der Waals surface area contributed by atoms with Crippen LogP contribution in [0.15, 0.2) is 0 Å². The summed E-state index contributed by atoms with van der Waals surface area (Å²) in [4.78, 5) is 0. The number of rotatable bonds is 10. The highest BCUT2D eigenvalue weighted by Crippen LogP contribution is 2.39. The van der Waals surface area contributed by atoms with E-state index >= 15 is 0 Å². The van der Waals surface area contributed by atoms with Crippen molar-refractivity contribution in [1.82, 2.24) is 0 Å². The largest absolute Gasteiger partial charge is 0.503 e. The summed E-state index contributed by atoms with van der Waals surface area (Å²) < 4.78 is 24.2. The van der Waals surface area contributed by atoms with Gasteiger partial charge in [-0.25, -0.2) is 0 Å². The third-order valence-corrected chi connectivity index (χ3v) is 6.64. The molecule has 0 aliphatic carbocycles. The summed E-state index contributed by atoms with van der Waals surface area (Å²) in [6, 6.07) is 0.889. The number of hydrogen-bond donors (Lipinski definition) is 1. The molecule has 1 aliphatic heterocycles. The molecule has 1 heterocycles. The summed E-state index contributed by atoms with van der Waals surface area (Å²) in [5.74, 6) is -0.529. The Balaban J connectivity index is 2.76. The molecule has 0 amide bonds. The second-order valence-electron chi connectivity index (χ2n) is 5.09. The lowest BCUT2D eigenvalue weighted by molar-refractivity contribution is -0.226. The first kappa shape index (κ1) is 18.1. The molecule has 1 saturated heterocycles. The molecule has 0 saturated carbocycles. The van der Waals surface area contributed by atoms with Crippen molar-refractivity contribution in [3.05, 3.63) is 0 Å². The lowest BCUT2D eigenvalue weighted by Gasteiger charge is -2.44. The molecule has 5 nitrogen and oxygen atoms in total. The quantitative estimate of drug-likeness (QED) is 0.496. The third kappa shape index (κ3) is 5.09. The second-order valence-corrected chi connectivity index (χ2v) is 7.74. The standard InChI is InChI=1S/C14H31NO4Si/c1-4-16-14(10-7-8-12-15)11-9-13-20(19-14,17-5-2)18-6-3/h4-13,15H2,1-3H3. The van der Waals surface area contributed by atoms with Gasteiger partial charge < -0.3 is 23.7 Å². The Labute approximate surface area is 124 Å². The fourth-order valence-corrected chi connectivity index (χ4v) is 5.71. The normalized spacial score (nSPS) is 25.8. The van der Waals surface area contributed by atoms with Gasteiger partial charge in [-0.2, -0.15) is 0 Å². The Kier molecular flexibility index (Phi) is 8.24. The predicted octanol–water partition coefficient (Wildman–Crippen LogP) is 2.67. The SMILES string of the molecule is CCOC1(CCCCN)CCC[Si](OCC)(OCC)O1. The predicted molar refractivity (Wildman–Crippen MR) is 81.4 cm³/mol. The van der Waals surface area contributed by atoms with Crippen molar-refractivity contribution in [1.29, 1.82) is 0 Å². The van der Waals surface area contributed by atoms with Crippen molar-refractivity contribution in [2.45, 2.75) is 64.7 Å². The maximum Gasteiger partial charge on any atom is 0.503 e. The number of ether oxygens (including phenoxy) is 1. The maximum atomic E-state index is 6.36. The summed E-state index contributed by atoms with van der Waals surface area (Å²) in [7, 11) is -2.57. The second kappa shape index (κ2) is 9.12. The monoisotopic (exact) mass is 305 g/mol. The van der Waals surface area contributed by atoms with Crippen molar-refractivity contribution in [3.8, 4) is 0 Å². The van der Waals surface area contributed by atoms with Gasteiger partial charge in [0.15, 0.2) is 5.79 Å². The molecule has 0 spiro atoms. The highest BCUT2D eigenvalue weighted by atomic mass is 28.4. The van der Waals surface area contributed by atoms with Crippen LogP contribution in [0.25, 0.3) is 0 Å². The fourth-order valence-electron chi connectivity index (χ4n) is 2.80. The maximum absolute atomic E-state index is 6.36. The smallest absolute Gasteiger partial charge is 0.374 e. The van der Waals surface area contributed by atoms with Gasteiger partial charge in [-0.05, 0) is 46.6 Å². The Hall–Kier alpha value is 0.0169. The molecule has 1 atom stereocenters. The van der Waals surface area contributed by atoms with Crippen LogP contribution in [-0.2, 0) is 18.0 Å². The summed E-state index contributed by atoms with van der Waals surface area (Å²) >= 11 is 0. The molecule has 1 unspecified atom stereocenters. The minimum absolute atomic E-state index is 0.529. The van der Waals surface area contributed by atoms with Crippen LogP contribution in [0.2, 0.25) is 6.04 Å². The summed E-state index contributed by atoms with van der Waals surface area (Å²) in [5.41, 5.74) is 5.59. The highest BCUT2D eigenvalue weighted by Gasteiger charge is 2.52. The van der Waals surface area contributed by atoms with Crippen molar-refractivity contribution in [2.75, 3.05) is 26.4 Å². The van der Waals surface area contributed by atoms with Crippen molar-refractivity contribution < 1.29 is 18.0 Å². The van der Waals surface area contributed by atoms with E-state index in [4.69, 9.17) is 23.7 Å². The first-order valence-electron chi connectivity index (χ1n) is 7.98. The van der Waals surface area contributed by atoms with Gasteiger partial charge in [-0.1, -0.05) is 0 Å². The van der Waals surface area contributed by atoms with Crippen LogP contribution in [0, 0.1) is 0 Å². The molecule has 0 radical (unpaired) electrons. The molecule has 2 N–H and O–H groups in total. The van der Waals surface area contributed by atoms with Gasteiger partial charge in [-0.15, -0.1) is 0 Å². The zero-order valence-corrected chi connectivity index (χ0v) is 14.3. The van der Waals surface area contributed by atoms with E-state index in [1.165, 1.54) is 0 Å². The van der Waals surface area contributed by atoms with Crippen LogP contribution < -0.4 is 5.73 Å². The van der Waals surface area contributed by atoms with Crippen molar-refractivity contribution in [2.24, 2.45) is 5.73 Å². The zero-order valence-electron chi connectivity index (χ0n) is 13.3. The number of hydrogen-bond acceptors (Lipinski definition) is 5. The van der Waals surface area contributed by atoms with E-state index in [0.29, 0.717) is 26.4 Å². The molecule has 0 aromatic heterocycles. The van der Waals surface area contributed by atoms with Crippen LogP contribution in [-0.4, -0.2) is 41.0 Å². The van der Waals surface area contributed by atoms with Gasteiger partial charge in [0, 0.05) is 38.7 Å². The fraction of sp³-hybridized carbons (Fsp3) is 1.00. The van der Waals surface area contributed by atoms with E-state index in [9.17, 15) is 0 Å². The molecule has 120 valence electrons. The van der Waals surface area contributed by atoms with Crippen LogP contribution in [0.1, 0.15) is 52.9 Å². The van der Waals surface area contributed by atoms with Crippen molar-refractivity contribution >= 4 is 8.80 Å². The lowest BCUT2D eigenvalue weighted by Crippen LogP contribution is -2.57. The van der Waals surface area contributed by atoms with Gasteiger partial charge in [-0.3, -0.25) is 0 Å². The Bertz CT molecular complexity index is 252. The topological polar surface area (TPSA) is 62.9 Å². The molecule has 20 heavy (non-hydrogen) atoms. The van der Waals surface area contributed by atoms with E-state index in [2.05, 4.69) is 0 Å². The average Bonchev–Trinajstić information content (AvgIpc) is 2.40. The molecule has 0 aromatic carbocycles. The zero-order chi connectivity index (χ0) is 14.9. The van der Waals surface area contributed by atoms with Gasteiger partial charge in [0.1, 0.15) is 0 Å². The van der Waals surface area contributed by atoms with Gasteiger partial charge >= 0.3 is 8.80 Å². The van der Waals surface area contributed by atoms with Crippen LogP contribution in [0.5, 0.6) is 0 Å². The first-order valence-corrected chi connectivity index (χ1v) is 9.91. The van der Waals surface area contributed by atoms with Crippen LogP contribution in [0.3, 0.4) is 0 Å². The molecule has 0 bridgehead atoms. The molecule has 1 fully saturated rings. The number of nitrogens with two attached hydrogens (primary N) is 1. The summed E-state index contributed by atoms with van der Waals surface area (Å²) in [5, 5.41) is 0. The van der Waals surface area contributed by atoms with E-state index < -0.39 is 14.6 Å². The molecular formula is C14H31NO4Si. The summed E-state index contributed by atoms with van der Waals surface area (Å²) in [6.07, 6.45) is 4.83. The molecular weight excluding hydrogens is 274 g/mol. The summed E-state index contributed by atoms with van der Waals surface area (Å²) in [6.45, 7) is 8.58. The Morgan fingerprint density at radius 2 is 1.80 bits per heavy atom. The third-order valence-electron chi connectivity index (χ3n) is 3.53. The Morgan fingerprint density at radius 1 is 1.10 bits per heavy atom. The van der Waals surface area contributed by atoms with Crippen molar-refractivity contribution in [3.63, 3.8) is 0 Å². The minimum Gasteiger partial charge on any atom is -0.374 e. The van der Waals surface area contributed by atoms with E-state index in [0.717, 1.165) is 38.1 Å². The number of unbranched alkanes of at least 4 members (excludes halogenated alkanes) is 1. The molecule has 6 heteroatoms. The molecule has 1 rings (SSSR count). The molecule has 0 aromatic rings. The molecule has 1 aliphatic rings. The van der Waals surface area contributed by atoms with Crippen LogP contribution >= 0.6 is 0 Å². The highest BCUT2D eigenvalue weighted by molar-refractivity contribution is 6.61. The minimum atomic E-state index is -2.57.